The fraction of sp³-hybridized carbons (Fsp3) is 0.125. The molecule has 1 aliphatic rings. The fourth-order valence-electron chi connectivity index (χ4n) is 3.74. The van der Waals surface area contributed by atoms with Gasteiger partial charge in [-0.15, -0.1) is 0 Å². The average Bonchev–Trinajstić information content (AvgIpc) is 3.00. The first-order valence-corrected chi connectivity index (χ1v) is 9.27. The van der Waals surface area contributed by atoms with Crippen molar-refractivity contribution in [2.75, 3.05) is 7.11 Å². The highest BCUT2D eigenvalue weighted by molar-refractivity contribution is 6.05. The third-order valence-electron chi connectivity index (χ3n) is 5.11. The first kappa shape index (κ1) is 18.7. The highest BCUT2D eigenvalue weighted by Gasteiger charge is 2.41. The van der Waals surface area contributed by atoms with Gasteiger partial charge >= 0.3 is 0 Å². The van der Waals surface area contributed by atoms with Crippen LogP contribution in [-0.4, -0.2) is 23.0 Å². The minimum Gasteiger partial charge on any atom is -0.503 e. The van der Waals surface area contributed by atoms with E-state index in [1.807, 2.05) is 54.6 Å². The van der Waals surface area contributed by atoms with Crippen LogP contribution in [0.25, 0.3) is 5.57 Å². The SMILES string of the molecule is COc1ccccc1CN1C(=O)C(O)=C(c2ccccc2)[C@H]1c1ccc(F)cc1. The van der Waals surface area contributed by atoms with E-state index in [9.17, 15) is 14.3 Å². The summed E-state index contributed by atoms with van der Waals surface area (Å²) >= 11 is 0. The van der Waals surface area contributed by atoms with Gasteiger partial charge in [0, 0.05) is 11.1 Å². The number of aliphatic hydroxyl groups is 1. The van der Waals surface area contributed by atoms with E-state index in [4.69, 9.17) is 4.74 Å². The lowest BCUT2D eigenvalue weighted by Crippen LogP contribution is -2.30. The summed E-state index contributed by atoms with van der Waals surface area (Å²) in [5.74, 6) is -0.459. The number of hydrogen-bond donors (Lipinski definition) is 1. The summed E-state index contributed by atoms with van der Waals surface area (Å²) in [5.41, 5.74) is 2.79. The zero-order valence-electron chi connectivity index (χ0n) is 15.9. The Balaban J connectivity index is 1.82. The van der Waals surface area contributed by atoms with Crippen LogP contribution in [0.1, 0.15) is 22.7 Å². The summed E-state index contributed by atoms with van der Waals surface area (Å²) in [6.45, 7) is 0.241. The van der Waals surface area contributed by atoms with Gasteiger partial charge < -0.3 is 14.7 Å². The van der Waals surface area contributed by atoms with E-state index in [0.29, 0.717) is 11.3 Å². The smallest absolute Gasteiger partial charge is 0.290 e. The number of amides is 1. The molecule has 0 unspecified atom stereocenters. The second-order valence-electron chi connectivity index (χ2n) is 6.83. The molecule has 0 saturated heterocycles. The summed E-state index contributed by atoms with van der Waals surface area (Å²) in [4.78, 5) is 14.6. The summed E-state index contributed by atoms with van der Waals surface area (Å²) in [6.07, 6.45) is 0. The van der Waals surface area contributed by atoms with Crippen LogP contribution in [0, 0.1) is 5.82 Å². The molecule has 146 valence electrons. The van der Waals surface area contributed by atoms with Crippen molar-refractivity contribution in [2.45, 2.75) is 12.6 Å². The van der Waals surface area contributed by atoms with Gasteiger partial charge in [0.1, 0.15) is 11.6 Å². The summed E-state index contributed by atoms with van der Waals surface area (Å²) in [6, 6.07) is 22.2. The maximum absolute atomic E-state index is 13.5. The highest BCUT2D eigenvalue weighted by Crippen LogP contribution is 2.44. The monoisotopic (exact) mass is 389 g/mol. The van der Waals surface area contributed by atoms with Crippen LogP contribution < -0.4 is 4.74 Å². The Morgan fingerprint density at radius 2 is 1.62 bits per heavy atom. The van der Waals surface area contributed by atoms with Crippen molar-refractivity contribution in [3.63, 3.8) is 0 Å². The molecule has 0 aromatic heterocycles. The van der Waals surface area contributed by atoms with Gasteiger partial charge in [0.2, 0.25) is 0 Å². The van der Waals surface area contributed by atoms with Gasteiger partial charge in [0.25, 0.3) is 5.91 Å². The molecule has 1 atom stereocenters. The van der Waals surface area contributed by atoms with Crippen LogP contribution in [-0.2, 0) is 11.3 Å². The molecule has 1 heterocycles. The molecule has 0 fully saturated rings. The van der Waals surface area contributed by atoms with Crippen molar-refractivity contribution in [2.24, 2.45) is 0 Å². The minimum absolute atomic E-state index is 0.241. The molecule has 0 radical (unpaired) electrons. The number of carbonyl (C=O) groups is 1. The Morgan fingerprint density at radius 1 is 0.966 bits per heavy atom. The van der Waals surface area contributed by atoms with Crippen molar-refractivity contribution in [3.05, 3.63) is 107 Å². The van der Waals surface area contributed by atoms with Crippen LogP contribution in [0.5, 0.6) is 5.75 Å². The van der Waals surface area contributed by atoms with Crippen molar-refractivity contribution in [1.82, 2.24) is 4.90 Å². The van der Waals surface area contributed by atoms with E-state index in [2.05, 4.69) is 0 Å². The van der Waals surface area contributed by atoms with Gasteiger partial charge in [0.05, 0.1) is 19.7 Å². The standard InChI is InChI=1S/C24H20FNO3/c1-29-20-10-6-5-9-18(20)15-26-22(17-11-13-19(25)14-12-17)21(23(27)24(26)28)16-7-3-2-4-8-16/h2-14,22,27H,15H2,1H3/t22-/m1/s1. The molecular formula is C24H20FNO3. The summed E-state index contributed by atoms with van der Waals surface area (Å²) < 4.78 is 19.0. The van der Waals surface area contributed by atoms with E-state index in [1.165, 1.54) is 12.1 Å². The Bertz CT molecular complexity index is 1060. The molecule has 1 N–H and O–H groups in total. The predicted molar refractivity (Wildman–Crippen MR) is 109 cm³/mol. The number of benzene rings is 3. The molecule has 3 aromatic carbocycles. The summed E-state index contributed by atoms with van der Waals surface area (Å²) in [5, 5.41) is 10.8. The van der Waals surface area contributed by atoms with E-state index < -0.39 is 11.9 Å². The van der Waals surface area contributed by atoms with Gasteiger partial charge in [0.15, 0.2) is 5.76 Å². The zero-order valence-corrected chi connectivity index (χ0v) is 15.9. The number of halogens is 1. The molecular weight excluding hydrogens is 369 g/mol. The number of ether oxygens (including phenoxy) is 1. The molecule has 0 aliphatic carbocycles. The van der Waals surface area contributed by atoms with Crippen LogP contribution in [0.2, 0.25) is 0 Å². The van der Waals surface area contributed by atoms with E-state index in [-0.39, 0.29) is 18.1 Å². The Kier molecular flexibility index (Phi) is 5.04. The van der Waals surface area contributed by atoms with Crippen LogP contribution in [0.4, 0.5) is 4.39 Å². The minimum atomic E-state index is -0.546. The molecule has 4 rings (SSSR count). The Hall–Kier alpha value is -3.60. The largest absolute Gasteiger partial charge is 0.503 e. The lowest BCUT2D eigenvalue weighted by atomic mass is 9.93. The van der Waals surface area contributed by atoms with Crippen LogP contribution >= 0.6 is 0 Å². The van der Waals surface area contributed by atoms with Gasteiger partial charge in [-0.25, -0.2) is 4.39 Å². The maximum Gasteiger partial charge on any atom is 0.290 e. The second-order valence-corrected chi connectivity index (χ2v) is 6.83. The fourth-order valence-corrected chi connectivity index (χ4v) is 3.74. The third kappa shape index (κ3) is 3.47. The van der Waals surface area contributed by atoms with Crippen LogP contribution in [0.3, 0.4) is 0 Å². The van der Waals surface area contributed by atoms with Gasteiger partial charge in [-0.05, 0) is 29.3 Å². The molecule has 0 bridgehead atoms. The first-order chi connectivity index (χ1) is 14.1. The molecule has 3 aromatic rings. The number of hydrogen-bond acceptors (Lipinski definition) is 3. The molecule has 1 aliphatic heterocycles. The zero-order chi connectivity index (χ0) is 20.4. The first-order valence-electron chi connectivity index (χ1n) is 9.27. The van der Waals surface area contributed by atoms with E-state index in [0.717, 1.165) is 16.7 Å². The normalized spacial score (nSPS) is 16.4. The van der Waals surface area contributed by atoms with Gasteiger partial charge in [-0.2, -0.15) is 0 Å². The lowest BCUT2D eigenvalue weighted by molar-refractivity contribution is -0.130. The van der Waals surface area contributed by atoms with E-state index >= 15 is 0 Å². The van der Waals surface area contributed by atoms with Crippen LogP contribution in [0.15, 0.2) is 84.6 Å². The van der Waals surface area contributed by atoms with Crippen molar-refractivity contribution >= 4 is 11.5 Å². The second kappa shape index (κ2) is 7.80. The maximum atomic E-state index is 13.5. The summed E-state index contributed by atoms with van der Waals surface area (Å²) in [7, 11) is 1.58. The third-order valence-corrected chi connectivity index (χ3v) is 5.11. The van der Waals surface area contributed by atoms with Crippen molar-refractivity contribution < 1.29 is 19.0 Å². The van der Waals surface area contributed by atoms with E-state index in [1.54, 1.807) is 24.1 Å². The number of nitrogens with zero attached hydrogens (tertiary/aromatic N) is 1. The average molecular weight is 389 g/mol. The molecule has 29 heavy (non-hydrogen) atoms. The topological polar surface area (TPSA) is 49.8 Å². The number of rotatable bonds is 5. The predicted octanol–water partition coefficient (Wildman–Crippen LogP) is 4.89. The number of para-hydroxylation sites is 1. The number of carbonyl (C=O) groups excluding carboxylic acids is 1. The van der Waals surface area contributed by atoms with Gasteiger partial charge in [-0.3, -0.25) is 4.79 Å². The Labute approximate surface area is 168 Å². The Morgan fingerprint density at radius 3 is 2.31 bits per heavy atom. The number of methoxy groups -OCH3 is 1. The number of aliphatic hydroxyl groups excluding tert-OH is 1. The molecule has 4 nitrogen and oxygen atoms in total. The quantitative estimate of drug-likeness (QED) is 0.676. The highest BCUT2D eigenvalue weighted by atomic mass is 19.1. The molecule has 5 heteroatoms. The van der Waals surface area contributed by atoms with Crippen molar-refractivity contribution in [3.8, 4) is 5.75 Å². The molecule has 0 spiro atoms. The lowest BCUT2D eigenvalue weighted by Gasteiger charge is -2.28. The molecule has 0 saturated carbocycles. The molecule has 1 amide bonds. The van der Waals surface area contributed by atoms with Crippen molar-refractivity contribution in [1.29, 1.82) is 0 Å². The van der Waals surface area contributed by atoms with Gasteiger partial charge in [-0.1, -0.05) is 60.7 Å².